The van der Waals surface area contributed by atoms with Crippen LogP contribution < -0.4 is 11.1 Å². The van der Waals surface area contributed by atoms with Gasteiger partial charge in [-0.2, -0.15) is 4.98 Å². The Morgan fingerprint density at radius 3 is 2.50 bits per heavy atom. The summed E-state index contributed by atoms with van der Waals surface area (Å²) in [5, 5.41) is 3.07. The van der Waals surface area contributed by atoms with E-state index in [4.69, 9.17) is 5.73 Å². The summed E-state index contributed by atoms with van der Waals surface area (Å²) in [7, 11) is 2.07. The van der Waals surface area contributed by atoms with Gasteiger partial charge < -0.3 is 20.9 Å². The van der Waals surface area contributed by atoms with Crippen LogP contribution in [0, 0.1) is 0 Å². The number of nitrogens with zero attached hydrogens (tertiary/aromatic N) is 4. The smallest absolute Gasteiger partial charge is 0.253 e. The first-order chi connectivity index (χ1) is 11.5. The van der Waals surface area contributed by atoms with Crippen molar-refractivity contribution in [2.24, 2.45) is 0 Å². The van der Waals surface area contributed by atoms with Gasteiger partial charge in [-0.15, -0.1) is 0 Å². The van der Waals surface area contributed by atoms with E-state index in [2.05, 4.69) is 43.2 Å². The second-order valence-electron chi connectivity index (χ2n) is 5.72. The summed E-state index contributed by atoms with van der Waals surface area (Å²) < 4.78 is 0.654. The number of piperazine rings is 1. The normalized spacial score (nSPS) is 15.3. The number of carbonyl (C=O) groups excluding carboxylic acids is 1. The lowest BCUT2D eigenvalue weighted by molar-refractivity contribution is 0.0664. The molecule has 0 bridgehead atoms. The first kappa shape index (κ1) is 16.7. The first-order valence-corrected chi connectivity index (χ1v) is 8.45. The molecule has 7 nitrogen and oxygen atoms in total. The predicted molar refractivity (Wildman–Crippen MR) is 97.3 cm³/mol. The number of rotatable bonds is 3. The molecule has 1 aliphatic heterocycles. The highest BCUT2D eigenvalue weighted by molar-refractivity contribution is 9.10. The van der Waals surface area contributed by atoms with Crippen molar-refractivity contribution >= 4 is 39.3 Å². The van der Waals surface area contributed by atoms with Crippen molar-refractivity contribution in [2.75, 3.05) is 44.3 Å². The molecule has 0 saturated carbocycles. The van der Waals surface area contributed by atoms with Crippen molar-refractivity contribution in [2.45, 2.75) is 0 Å². The first-order valence-electron chi connectivity index (χ1n) is 7.66. The van der Waals surface area contributed by atoms with Gasteiger partial charge in [-0.3, -0.25) is 4.79 Å². The van der Waals surface area contributed by atoms with Gasteiger partial charge in [0.2, 0.25) is 5.95 Å². The fraction of sp³-hybridized carbons (Fsp3) is 0.312. The Morgan fingerprint density at radius 1 is 1.21 bits per heavy atom. The topological polar surface area (TPSA) is 87.4 Å². The molecule has 2 heterocycles. The van der Waals surface area contributed by atoms with Crippen molar-refractivity contribution in [3.63, 3.8) is 0 Å². The molecule has 24 heavy (non-hydrogen) atoms. The van der Waals surface area contributed by atoms with E-state index >= 15 is 0 Å². The van der Waals surface area contributed by atoms with Crippen LogP contribution in [0.5, 0.6) is 0 Å². The van der Waals surface area contributed by atoms with E-state index in [1.54, 1.807) is 6.20 Å². The maximum atomic E-state index is 12.5. The van der Waals surface area contributed by atoms with E-state index in [0.717, 1.165) is 31.9 Å². The van der Waals surface area contributed by atoms with Crippen molar-refractivity contribution in [3.8, 4) is 0 Å². The number of aromatic nitrogens is 2. The Kier molecular flexibility index (Phi) is 4.96. The Hall–Kier alpha value is -2.19. The van der Waals surface area contributed by atoms with E-state index < -0.39 is 0 Å². The molecule has 1 saturated heterocycles. The van der Waals surface area contributed by atoms with Crippen molar-refractivity contribution in [3.05, 3.63) is 40.5 Å². The third kappa shape index (κ3) is 3.82. The molecule has 0 unspecified atom stereocenters. The van der Waals surface area contributed by atoms with Crippen LogP contribution in [0.1, 0.15) is 10.4 Å². The molecule has 1 fully saturated rings. The number of nitrogens with two attached hydrogens (primary N) is 1. The van der Waals surface area contributed by atoms with E-state index in [9.17, 15) is 4.79 Å². The number of anilines is 3. The second kappa shape index (κ2) is 7.14. The highest BCUT2D eigenvalue weighted by atomic mass is 79.9. The van der Waals surface area contributed by atoms with Crippen molar-refractivity contribution < 1.29 is 4.79 Å². The van der Waals surface area contributed by atoms with Crippen molar-refractivity contribution in [1.82, 2.24) is 19.8 Å². The zero-order chi connectivity index (χ0) is 17.1. The number of benzene rings is 1. The zero-order valence-electron chi connectivity index (χ0n) is 13.4. The Balaban J connectivity index is 1.66. The van der Waals surface area contributed by atoms with E-state index in [1.165, 1.54) is 0 Å². The quantitative estimate of drug-likeness (QED) is 0.832. The monoisotopic (exact) mass is 390 g/mol. The molecule has 8 heteroatoms. The third-order valence-electron chi connectivity index (χ3n) is 3.95. The molecule has 0 atom stereocenters. The van der Waals surface area contributed by atoms with E-state index in [1.807, 2.05) is 29.2 Å². The zero-order valence-corrected chi connectivity index (χ0v) is 15.0. The van der Waals surface area contributed by atoms with Gasteiger partial charge >= 0.3 is 0 Å². The number of amides is 1. The molecule has 0 radical (unpaired) electrons. The number of likely N-dealkylation sites (N-methyl/N-ethyl adjacent to an activating group) is 1. The second-order valence-corrected chi connectivity index (χ2v) is 6.58. The summed E-state index contributed by atoms with van der Waals surface area (Å²) >= 11 is 3.26. The molecule has 0 spiro atoms. The summed E-state index contributed by atoms with van der Waals surface area (Å²) in [5.41, 5.74) is 7.22. The van der Waals surface area contributed by atoms with Crippen LogP contribution >= 0.6 is 15.9 Å². The molecule has 2 aromatic rings. The number of hydrogen-bond acceptors (Lipinski definition) is 6. The van der Waals surface area contributed by atoms with Crippen LogP contribution in [-0.4, -0.2) is 58.9 Å². The maximum absolute atomic E-state index is 12.5. The fourth-order valence-corrected chi connectivity index (χ4v) is 2.65. The van der Waals surface area contributed by atoms with Crippen LogP contribution in [0.4, 0.5) is 17.5 Å². The standard InChI is InChI=1S/C16H19BrN6O/c1-22-6-8-23(9-7-22)15(24)11-2-4-12(5-3-11)20-16-19-10-13(17)14(18)21-16/h2-5,10H,6-9H2,1H3,(H3,18,19,20,21). The van der Waals surface area contributed by atoms with Crippen LogP contribution in [0.15, 0.2) is 34.9 Å². The molecule has 3 N–H and O–H groups in total. The highest BCUT2D eigenvalue weighted by Gasteiger charge is 2.20. The Morgan fingerprint density at radius 2 is 1.88 bits per heavy atom. The van der Waals surface area contributed by atoms with Gasteiger partial charge in [0.15, 0.2) is 0 Å². The lowest BCUT2D eigenvalue weighted by Gasteiger charge is -2.32. The Bertz CT molecular complexity index is 728. The van der Waals surface area contributed by atoms with Crippen LogP contribution in [0.2, 0.25) is 0 Å². The van der Waals surface area contributed by atoms with Crippen LogP contribution in [0.25, 0.3) is 0 Å². The highest BCUT2D eigenvalue weighted by Crippen LogP contribution is 2.20. The number of halogens is 1. The van der Waals surface area contributed by atoms with Gasteiger partial charge in [0, 0.05) is 43.6 Å². The maximum Gasteiger partial charge on any atom is 0.253 e. The third-order valence-corrected chi connectivity index (χ3v) is 4.56. The lowest BCUT2D eigenvalue weighted by Crippen LogP contribution is -2.47. The SMILES string of the molecule is CN1CCN(C(=O)c2ccc(Nc3ncc(Br)c(N)n3)cc2)CC1. The minimum Gasteiger partial charge on any atom is -0.383 e. The van der Waals surface area contributed by atoms with Gasteiger partial charge in [0.25, 0.3) is 5.91 Å². The van der Waals surface area contributed by atoms with Gasteiger partial charge in [0.1, 0.15) is 5.82 Å². The summed E-state index contributed by atoms with van der Waals surface area (Å²) in [4.78, 5) is 24.9. The summed E-state index contributed by atoms with van der Waals surface area (Å²) in [6, 6.07) is 7.30. The lowest BCUT2D eigenvalue weighted by atomic mass is 10.1. The average molecular weight is 391 g/mol. The van der Waals surface area contributed by atoms with Gasteiger partial charge in [-0.1, -0.05) is 0 Å². The minimum atomic E-state index is 0.0683. The number of carbonyl (C=O) groups is 1. The fourth-order valence-electron chi connectivity index (χ4n) is 2.46. The van der Waals surface area contributed by atoms with Crippen LogP contribution in [-0.2, 0) is 0 Å². The average Bonchev–Trinajstić information content (AvgIpc) is 2.59. The van der Waals surface area contributed by atoms with E-state index in [-0.39, 0.29) is 5.91 Å². The van der Waals surface area contributed by atoms with Gasteiger partial charge in [0.05, 0.1) is 4.47 Å². The largest absolute Gasteiger partial charge is 0.383 e. The molecule has 0 aliphatic carbocycles. The summed E-state index contributed by atoms with van der Waals surface area (Å²) in [6.45, 7) is 3.35. The molecule has 1 aromatic carbocycles. The predicted octanol–water partition coefficient (Wildman–Crippen LogP) is 1.95. The molecule has 126 valence electrons. The van der Waals surface area contributed by atoms with Gasteiger partial charge in [-0.25, -0.2) is 4.98 Å². The van der Waals surface area contributed by atoms with Crippen LogP contribution in [0.3, 0.4) is 0 Å². The minimum absolute atomic E-state index is 0.0683. The summed E-state index contributed by atoms with van der Waals surface area (Å²) in [5.74, 6) is 0.849. The number of nitrogens with one attached hydrogen (secondary N) is 1. The summed E-state index contributed by atoms with van der Waals surface area (Å²) in [6.07, 6.45) is 1.59. The molecule has 1 aromatic heterocycles. The number of nitrogen functional groups attached to an aromatic ring is 1. The number of hydrogen-bond donors (Lipinski definition) is 2. The molecule has 1 amide bonds. The van der Waals surface area contributed by atoms with Crippen molar-refractivity contribution in [1.29, 1.82) is 0 Å². The Labute approximate surface area is 149 Å². The molecule has 3 rings (SSSR count). The van der Waals surface area contributed by atoms with E-state index in [0.29, 0.717) is 21.8 Å². The molecular formula is C16H19BrN6O. The molecule has 1 aliphatic rings. The molecular weight excluding hydrogens is 372 g/mol. The van der Waals surface area contributed by atoms with Gasteiger partial charge in [-0.05, 0) is 47.2 Å².